The first-order valence-electron chi connectivity index (χ1n) is 11.9. The van der Waals surface area contributed by atoms with Crippen molar-refractivity contribution < 1.29 is 13.5 Å². The number of benzene rings is 1. The van der Waals surface area contributed by atoms with Gasteiger partial charge in [-0.3, -0.25) is 4.90 Å². The number of likely N-dealkylation sites (N-methyl/N-ethyl adjacent to an activating group) is 2. The van der Waals surface area contributed by atoms with Crippen LogP contribution in [0.2, 0.25) is 0 Å². The Hall–Kier alpha value is -1.15. The van der Waals surface area contributed by atoms with E-state index in [0.717, 1.165) is 25.8 Å². The highest BCUT2D eigenvalue weighted by Crippen LogP contribution is 2.84. The van der Waals surface area contributed by atoms with Gasteiger partial charge in [0.2, 0.25) is 10.0 Å². The molecule has 1 aromatic carbocycles. The minimum atomic E-state index is -3.07. The predicted molar refractivity (Wildman–Crippen MR) is 121 cm³/mol. The lowest BCUT2D eigenvalue weighted by atomic mass is 9.69. The van der Waals surface area contributed by atoms with Crippen molar-refractivity contribution in [2.75, 3.05) is 39.5 Å². The van der Waals surface area contributed by atoms with Crippen LogP contribution in [-0.4, -0.2) is 85.2 Å². The van der Waals surface area contributed by atoms with E-state index in [2.05, 4.69) is 36.9 Å². The maximum atomic E-state index is 12.2. The van der Waals surface area contributed by atoms with Crippen LogP contribution in [0.15, 0.2) is 18.2 Å². The van der Waals surface area contributed by atoms with Gasteiger partial charge in [0.1, 0.15) is 5.75 Å². The number of nitrogens with zero attached hydrogens (tertiary/aromatic N) is 3. The lowest BCUT2D eigenvalue weighted by Gasteiger charge is -2.54. The Morgan fingerprint density at radius 3 is 2.61 bits per heavy atom. The average molecular weight is 446 g/mol. The Bertz CT molecular complexity index is 1040. The zero-order valence-corrected chi connectivity index (χ0v) is 19.9. The van der Waals surface area contributed by atoms with E-state index in [1.807, 2.05) is 12.1 Å². The zero-order chi connectivity index (χ0) is 21.9. The highest BCUT2D eigenvalue weighted by Gasteiger charge is 2.92. The van der Waals surface area contributed by atoms with Gasteiger partial charge in [-0.15, -0.1) is 0 Å². The third kappa shape index (κ3) is 2.36. The molecule has 3 aliphatic carbocycles. The SMILES string of the molecule is CCS(=O)(=O)N1CCC(CN(C)[C@H]2[C@@H]3N(C)C4C5C43Cc3ccc(O)cc3[C@]52C)CC1. The smallest absolute Gasteiger partial charge is 0.213 e. The van der Waals surface area contributed by atoms with Crippen molar-refractivity contribution in [2.45, 2.75) is 56.7 Å². The number of phenolic OH excluding ortho intramolecular Hbond substituents is 1. The number of fused-ring (bicyclic) bond motifs is 2. The normalized spacial score (nSPS) is 41.7. The Labute approximate surface area is 186 Å². The Kier molecular flexibility index (Phi) is 4.12. The first kappa shape index (κ1) is 20.5. The molecule has 6 rings (SSSR count). The molecule has 0 amide bonds. The summed E-state index contributed by atoms with van der Waals surface area (Å²) in [4.78, 5) is 5.22. The molecule has 6 nitrogen and oxygen atoms in total. The fourth-order valence-electron chi connectivity index (χ4n) is 8.76. The van der Waals surface area contributed by atoms with Crippen LogP contribution in [0.1, 0.15) is 37.8 Å². The van der Waals surface area contributed by atoms with E-state index in [1.165, 1.54) is 11.1 Å². The summed E-state index contributed by atoms with van der Waals surface area (Å²) in [6, 6.07) is 7.76. The molecule has 7 heteroatoms. The van der Waals surface area contributed by atoms with E-state index >= 15 is 0 Å². The van der Waals surface area contributed by atoms with Gasteiger partial charge in [0.05, 0.1) is 5.75 Å². The lowest BCUT2D eigenvalue weighted by Crippen LogP contribution is -2.67. The van der Waals surface area contributed by atoms with Crippen LogP contribution in [0, 0.1) is 17.3 Å². The first-order chi connectivity index (χ1) is 14.7. The molecule has 2 aliphatic heterocycles. The molecule has 0 aromatic heterocycles. The number of likely N-dealkylation sites (tertiary alicyclic amines) is 1. The van der Waals surface area contributed by atoms with Crippen molar-refractivity contribution in [2.24, 2.45) is 17.3 Å². The van der Waals surface area contributed by atoms with Crippen molar-refractivity contribution in [1.82, 2.24) is 14.1 Å². The van der Waals surface area contributed by atoms with E-state index in [-0.39, 0.29) is 11.2 Å². The highest BCUT2D eigenvalue weighted by molar-refractivity contribution is 7.89. The molecule has 4 fully saturated rings. The van der Waals surface area contributed by atoms with Crippen LogP contribution >= 0.6 is 0 Å². The summed E-state index contributed by atoms with van der Waals surface area (Å²) in [5, 5.41) is 10.3. The maximum absolute atomic E-state index is 12.2. The van der Waals surface area contributed by atoms with Crippen molar-refractivity contribution in [3.8, 4) is 5.75 Å². The molecule has 31 heavy (non-hydrogen) atoms. The second-order valence-corrected chi connectivity index (χ2v) is 13.3. The number of rotatable bonds is 5. The second kappa shape index (κ2) is 6.25. The Balaban J connectivity index is 1.25. The molecule has 1 aromatic rings. The molecular weight excluding hydrogens is 410 g/mol. The van der Waals surface area contributed by atoms with Gasteiger partial charge >= 0.3 is 0 Å². The number of aromatic hydroxyl groups is 1. The largest absolute Gasteiger partial charge is 0.508 e. The van der Waals surface area contributed by atoms with Crippen molar-refractivity contribution in [1.29, 1.82) is 0 Å². The summed E-state index contributed by atoms with van der Waals surface area (Å²) >= 11 is 0. The Morgan fingerprint density at radius 2 is 1.94 bits per heavy atom. The first-order valence-corrected chi connectivity index (χ1v) is 13.5. The van der Waals surface area contributed by atoms with Crippen molar-refractivity contribution >= 4 is 10.0 Å². The molecule has 1 spiro atoms. The zero-order valence-electron chi connectivity index (χ0n) is 19.1. The van der Waals surface area contributed by atoms with E-state index in [0.29, 0.717) is 54.2 Å². The molecule has 1 N–H and O–H groups in total. The van der Waals surface area contributed by atoms with Crippen molar-refractivity contribution in [3.63, 3.8) is 0 Å². The van der Waals surface area contributed by atoms with Crippen molar-refractivity contribution in [3.05, 3.63) is 29.3 Å². The standard InChI is InChI=1S/C24H35N3O3S/c1-5-31(29,30)27-10-8-15(9-11-27)14-25(3)21-22-24-13-16-6-7-17(28)12-18(16)23(21,2)19(24)20(24)26(22)4/h6-7,12,15,19-22,28H,5,8-11,13-14H2,1-4H3/t19?,20?,21-,22-,23+,24?/m0/s1. The molecule has 0 radical (unpaired) electrons. The third-order valence-electron chi connectivity index (χ3n) is 9.85. The van der Waals surface area contributed by atoms with Gasteiger partial charge in [-0.25, -0.2) is 12.7 Å². The maximum Gasteiger partial charge on any atom is 0.213 e. The van der Waals surface area contributed by atoms with Gasteiger partial charge in [-0.05, 0) is 75.4 Å². The number of phenols is 1. The summed E-state index contributed by atoms with van der Waals surface area (Å²) in [6.45, 7) is 6.52. The quantitative estimate of drug-likeness (QED) is 0.750. The van der Waals surface area contributed by atoms with Crippen LogP contribution < -0.4 is 0 Å². The molecule has 3 unspecified atom stereocenters. The summed E-state index contributed by atoms with van der Waals surface area (Å²) < 4.78 is 26.1. The summed E-state index contributed by atoms with van der Waals surface area (Å²) in [5.74, 6) is 1.81. The summed E-state index contributed by atoms with van der Waals surface area (Å²) in [7, 11) is 1.51. The highest BCUT2D eigenvalue weighted by atomic mass is 32.2. The fraction of sp³-hybridized carbons (Fsp3) is 0.750. The van der Waals surface area contributed by atoms with Gasteiger partial charge in [-0.1, -0.05) is 13.0 Å². The molecule has 2 heterocycles. The average Bonchev–Trinajstić information content (AvgIpc) is 3.33. The molecule has 170 valence electrons. The van der Waals surface area contributed by atoms with Gasteiger partial charge in [0, 0.05) is 48.6 Å². The van der Waals surface area contributed by atoms with E-state index in [9.17, 15) is 13.5 Å². The van der Waals surface area contributed by atoms with Gasteiger partial charge in [0.25, 0.3) is 0 Å². The molecule has 5 aliphatic rings. The van der Waals surface area contributed by atoms with Gasteiger partial charge < -0.3 is 10.0 Å². The second-order valence-electron chi connectivity index (χ2n) is 11.1. The van der Waals surface area contributed by atoms with Gasteiger partial charge in [0.15, 0.2) is 0 Å². The number of hydrogen-bond acceptors (Lipinski definition) is 5. The topological polar surface area (TPSA) is 64.1 Å². The van der Waals surface area contributed by atoms with Crippen LogP contribution in [0.3, 0.4) is 0 Å². The van der Waals surface area contributed by atoms with Crippen LogP contribution in [0.25, 0.3) is 0 Å². The van der Waals surface area contributed by atoms with E-state index < -0.39 is 10.0 Å². The van der Waals surface area contributed by atoms with E-state index in [1.54, 1.807) is 11.2 Å². The predicted octanol–water partition coefficient (Wildman–Crippen LogP) is 1.88. The monoisotopic (exact) mass is 445 g/mol. The number of piperidine rings is 2. The minimum Gasteiger partial charge on any atom is -0.508 e. The molecule has 2 saturated heterocycles. The molecular formula is C24H35N3O3S. The summed E-state index contributed by atoms with van der Waals surface area (Å²) in [5.41, 5.74) is 3.32. The summed E-state index contributed by atoms with van der Waals surface area (Å²) in [6.07, 6.45) is 3.05. The third-order valence-corrected chi connectivity index (χ3v) is 11.7. The van der Waals surface area contributed by atoms with E-state index in [4.69, 9.17) is 0 Å². The number of sulfonamides is 1. The molecule has 2 saturated carbocycles. The van der Waals surface area contributed by atoms with Crippen LogP contribution in [-0.2, 0) is 21.9 Å². The minimum absolute atomic E-state index is 0.0785. The van der Waals surface area contributed by atoms with Gasteiger partial charge in [-0.2, -0.15) is 0 Å². The fourth-order valence-corrected chi connectivity index (χ4v) is 9.90. The van der Waals surface area contributed by atoms with Crippen LogP contribution in [0.5, 0.6) is 5.75 Å². The Morgan fingerprint density at radius 1 is 1.23 bits per heavy atom. The van der Waals surface area contributed by atoms with Crippen LogP contribution in [0.4, 0.5) is 0 Å². The molecule has 2 bridgehead atoms. The molecule has 6 atom stereocenters. The lowest BCUT2D eigenvalue weighted by molar-refractivity contribution is -0.0414. The number of hydrogen-bond donors (Lipinski definition) is 1.